The van der Waals surface area contributed by atoms with E-state index in [4.69, 9.17) is 10.00 Å². The minimum absolute atomic E-state index is 0.0678. The highest BCUT2D eigenvalue weighted by molar-refractivity contribution is 5.72. The maximum atomic E-state index is 11.5. The Bertz CT molecular complexity index is 479. The average Bonchev–Trinajstić information content (AvgIpc) is 2.44. The second-order valence-corrected chi connectivity index (χ2v) is 4.78. The molecule has 2 atom stereocenters. The van der Waals surface area contributed by atoms with Gasteiger partial charge in [-0.3, -0.25) is 9.69 Å². The van der Waals surface area contributed by atoms with Gasteiger partial charge in [0.2, 0.25) is 0 Å². The van der Waals surface area contributed by atoms with Crippen LogP contribution < -0.4 is 0 Å². The highest BCUT2D eigenvalue weighted by Gasteiger charge is 2.24. The molecule has 0 N–H and O–H groups in total. The van der Waals surface area contributed by atoms with Crippen molar-refractivity contribution in [2.24, 2.45) is 5.92 Å². The normalized spacial score (nSPS) is 13.7. The van der Waals surface area contributed by atoms with E-state index in [1.165, 1.54) is 7.11 Å². The monoisotopic (exact) mass is 260 g/mol. The number of hydrogen-bond donors (Lipinski definition) is 0. The van der Waals surface area contributed by atoms with E-state index >= 15 is 0 Å². The van der Waals surface area contributed by atoms with E-state index in [9.17, 15) is 4.79 Å². The zero-order valence-corrected chi connectivity index (χ0v) is 11.9. The molecule has 0 aliphatic carbocycles. The number of nitriles is 1. The van der Waals surface area contributed by atoms with Gasteiger partial charge in [-0.05, 0) is 31.7 Å². The van der Waals surface area contributed by atoms with Crippen LogP contribution in [0.25, 0.3) is 0 Å². The van der Waals surface area contributed by atoms with Gasteiger partial charge in [-0.2, -0.15) is 5.26 Å². The molecule has 2 unspecified atom stereocenters. The molecule has 19 heavy (non-hydrogen) atoms. The van der Waals surface area contributed by atoms with Crippen molar-refractivity contribution >= 4 is 5.97 Å². The van der Waals surface area contributed by atoms with Gasteiger partial charge in [0.05, 0.1) is 24.7 Å². The summed E-state index contributed by atoms with van der Waals surface area (Å²) < 4.78 is 4.76. The van der Waals surface area contributed by atoms with Crippen LogP contribution in [0, 0.1) is 17.2 Å². The van der Waals surface area contributed by atoms with Gasteiger partial charge in [0.25, 0.3) is 0 Å². The average molecular weight is 260 g/mol. The molecule has 0 fully saturated rings. The Labute approximate surface area is 114 Å². The first kappa shape index (κ1) is 15.2. The van der Waals surface area contributed by atoms with Gasteiger partial charge in [-0.1, -0.05) is 19.1 Å². The molecule has 1 aromatic carbocycles. The van der Waals surface area contributed by atoms with Crippen LogP contribution in [-0.2, 0) is 16.1 Å². The van der Waals surface area contributed by atoms with Crippen LogP contribution in [0.3, 0.4) is 0 Å². The van der Waals surface area contributed by atoms with Crippen LogP contribution in [-0.4, -0.2) is 31.1 Å². The molecule has 102 valence electrons. The summed E-state index contributed by atoms with van der Waals surface area (Å²) in [6.45, 7) is 4.55. The number of hydrogen-bond acceptors (Lipinski definition) is 4. The summed E-state index contributed by atoms with van der Waals surface area (Å²) in [5.41, 5.74) is 1.71. The van der Waals surface area contributed by atoms with Crippen molar-refractivity contribution in [3.05, 3.63) is 35.4 Å². The molecule has 0 aromatic heterocycles. The first-order chi connectivity index (χ1) is 8.99. The van der Waals surface area contributed by atoms with Crippen molar-refractivity contribution in [2.45, 2.75) is 26.4 Å². The summed E-state index contributed by atoms with van der Waals surface area (Å²) in [6.07, 6.45) is 0. The topological polar surface area (TPSA) is 53.3 Å². The van der Waals surface area contributed by atoms with Crippen LogP contribution in [0.1, 0.15) is 25.0 Å². The second kappa shape index (κ2) is 6.91. The SMILES string of the molecule is COC(=O)C(C)C(C)N(C)Cc1cccc(C#N)c1. The molecule has 0 saturated carbocycles. The summed E-state index contributed by atoms with van der Waals surface area (Å²) in [5, 5.41) is 8.87. The van der Waals surface area contributed by atoms with E-state index in [1.54, 1.807) is 6.07 Å². The second-order valence-electron chi connectivity index (χ2n) is 4.78. The number of esters is 1. The van der Waals surface area contributed by atoms with Crippen molar-refractivity contribution in [3.63, 3.8) is 0 Å². The van der Waals surface area contributed by atoms with Gasteiger partial charge in [-0.25, -0.2) is 0 Å². The highest BCUT2D eigenvalue weighted by atomic mass is 16.5. The summed E-state index contributed by atoms with van der Waals surface area (Å²) in [4.78, 5) is 13.6. The van der Waals surface area contributed by atoms with Gasteiger partial charge in [-0.15, -0.1) is 0 Å². The van der Waals surface area contributed by atoms with Crippen LogP contribution in [0.5, 0.6) is 0 Å². The Morgan fingerprint density at radius 2 is 2.16 bits per heavy atom. The molecule has 0 amide bonds. The molecule has 0 radical (unpaired) electrons. The number of methoxy groups -OCH3 is 1. The minimum atomic E-state index is -0.204. The predicted octanol–water partition coefficient (Wildman–Crippen LogP) is 2.19. The Morgan fingerprint density at radius 3 is 2.74 bits per heavy atom. The van der Waals surface area contributed by atoms with Gasteiger partial charge >= 0.3 is 5.97 Å². The number of rotatable bonds is 5. The van der Waals surface area contributed by atoms with Crippen LogP contribution >= 0.6 is 0 Å². The predicted molar refractivity (Wildman–Crippen MR) is 73.3 cm³/mol. The third-order valence-corrected chi connectivity index (χ3v) is 3.48. The van der Waals surface area contributed by atoms with Crippen LogP contribution in [0.2, 0.25) is 0 Å². The van der Waals surface area contributed by atoms with Crippen LogP contribution in [0.4, 0.5) is 0 Å². The van der Waals surface area contributed by atoms with Crippen molar-refractivity contribution < 1.29 is 9.53 Å². The van der Waals surface area contributed by atoms with E-state index in [-0.39, 0.29) is 17.9 Å². The van der Waals surface area contributed by atoms with Crippen molar-refractivity contribution in [3.8, 4) is 6.07 Å². The maximum Gasteiger partial charge on any atom is 0.309 e. The lowest BCUT2D eigenvalue weighted by atomic mass is 10.0. The van der Waals surface area contributed by atoms with E-state index in [0.717, 1.165) is 5.56 Å². The fraction of sp³-hybridized carbons (Fsp3) is 0.467. The number of carbonyl (C=O) groups excluding carboxylic acids is 1. The van der Waals surface area contributed by atoms with E-state index < -0.39 is 0 Å². The first-order valence-corrected chi connectivity index (χ1v) is 6.26. The van der Waals surface area contributed by atoms with Crippen molar-refractivity contribution in [1.29, 1.82) is 5.26 Å². The first-order valence-electron chi connectivity index (χ1n) is 6.26. The van der Waals surface area contributed by atoms with Crippen LogP contribution in [0.15, 0.2) is 24.3 Å². The smallest absolute Gasteiger partial charge is 0.309 e. The molecule has 4 heteroatoms. The number of carbonyl (C=O) groups is 1. The van der Waals surface area contributed by atoms with Gasteiger partial charge < -0.3 is 4.74 Å². The quantitative estimate of drug-likeness (QED) is 0.761. The molecule has 0 aliphatic rings. The van der Waals surface area contributed by atoms with E-state index in [2.05, 4.69) is 11.0 Å². The molecule has 0 saturated heterocycles. The zero-order chi connectivity index (χ0) is 14.4. The maximum absolute atomic E-state index is 11.5. The van der Waals surface area contributed by atoms with Gasteiger partial charge in [0.1, 0.15) is 0 Å². The molecule has 0 heterocycles. The third-order valence-electron chi connectivity index (χ3n) is 3.48. The minimum Gasteiger partial charge on any atom is -0.469 e. The summed E-state index contributed by atoms with van der Waals surface area (Å²) in [7, 11) is 3.37. The molecule has 4 nitrogen and oxygen atoms in total. The van der Waals surface area contributed by atoms with E-state index in [1.807, 2.05) is 39.1 Å². The van der Waals surface area contributed by atoms with Gasteiger partial charge in [0.15, 0.2) is 0 Å². The summed E-state index contributed by atoms with van der Waals surface area (Å²) >= 11 is 0. The molecule has 1 aromatic rings. The molecule has 0 aliphatic heterocycles. The largest absolute Gasteiger partial charge is 0.469 e. The fourth-order valence-corrected chi connectivity index (χ4v) is 1.94. The van der Waals surface area contributed by atoms with Gasteiger partial charge in [0, 0.05) is 12.6 Å². The molecule has 0 spiro atoms. The molecular formula is C15H20N2O2. The fourth-order valence-electron chi connectivity index (χ4n) is 1.94. The standard InChI is InChI=1S/C15H20N2O2/c1-11(15(18)19-4)12(2)17(3)10-14-7-5-6-13(8-14)9-16/h5-8,11-12H,10H2,1-4H3. The summed E-state index contributed by atoms with van der Waals surface area (Å²) in [5.74, 6) is -0.390. The number of ether oxygens (including phenoxy) is 1. The lowest BCUT2D eigenvalue weighted by Gasteiger charge is -2.28. The lowest BCUT2D eigenvalue weighted by molar-refractivity contribution is -0.146. The van der Waals surface area contributed by atoms with E-state index in [0.29, 0.717) is 12.1 Å². The number of nitrogens with zero attached hydrogens (tertiary/aromatic N) is 2. The van der Waals surface area contributed by atoms with Crippen molar-refractivity contribution in [1.82, 2.24) is 4.90 Å². The molecule has 1 rings (SSSR count). The zero-order valence-electron chi connectivity index (χ0n) is 11.9. The number of benzene rings is 1. The Hall–Kier alpha value is -1.86. The Balaban J connectivity index is 2.71. The Kier molecular flexibility index (Phi) is 5.53. The van der Waals surface area contributed by atoms with Crippen molar-refractivity contribution in [2.75, 3.05) is 14.2 Å². The third kappa shape index (κ3) is 4.08. The highest BCUT2D eigenvalue weighted by Crippen LogP contribution is 2.15. The Morgan fingerprint density at radius 1 is 1.47 bits per heavy atom. The molecule has 0 bridgehead atoms. The lowest BCUT2D eigenvalue weighted by Crippen LogP contribution is -2.38. The molecular weight excluding hydrogens is 240 g/mol. The summed E-state index contributed by atoms with van der Waals surface area (Å²) in [6, 6.07) is 9.69.